The van der Waals surface area contributed by atoms with Gasteiger partial charge < -0.3 is 14.2 Å². The quantitative estimate of drug-likeness (QED) is 0.0262. The second-order valence-corrected chi connectivity index (χ2v) is 19.2. The van der Waals surface area contributed by atoms with Gasteiger partial charge in [-0.05, 0) is 83.5 Å². The molecule has 0 heterocycles. The fourth-order valence-electron chi connectivity index (χ4n) is 7.99. The third-order valence-corrected chi connectivity index (χ3v) is 12.4. The van der Waals surface area contributed by atoms with E-state index in [0.717, 1.165) is 122 Å². The van der Waals surface area contributed by atoms with Gasteiger partial charge in [-0.1, -0.05) is 266 Å². The van der Waals surface area contributed by atoms with E-state index in [1.807, 2.05) is 0 Å². The van der Waals surface area contributed by atoms with Crippen LogP contribution in [0.25, 0.3) is 0 Å². The van der Waals surface area contributed by atoms with Gasteiger partial charge in [0.1, 0.15) is 13.2 Å². The number of hydrogen-bond acceptors (Lipinski definition) is 6. The molecule has 0 aliphatic heterocycles. The van der Waals surface area contributed by atoms with Crippen molar-refractivity contribution in [2.45, 2.75) is 277 Å². The maximum Gasteiger partial charge on any atom is 0.306 e. The Morgan fingerprint density at radius 2 is 0.557 bits per heavy atom. The molecule has 0 aromatic heterocycles. The number of hydrogen-bond donors (Lipinski definition) is 0. The summed E-state index contributed by atoms with van der Waals surface area (Å²) in [6.07, 6.45) is 77.0. The lowest BCUT2D eigenvalue weighted by Crippen LogP contribution is -2.30. The van der Waals surface area contributed by atoms with Gasteiger partial charge in [-0.3, -0.25) is 14.4 Å². The molecule has 1 atom stereocenters. The second kappa shape index (κ2) is 57.9. The number of allylic oxidation sites excluding steroid dienone is 16. The Labute approximate surface area is 432 Å². The summed E-state index contributed by atoms with van der Waals surface area (Å²) in [6, 6.07) is 0. The Morgan fingerprint density at radius 1 is 0.300 bits per heavy atom. The van der Waals surface area contributed by atoms with Crippen molar-refractivity contribution in [2.24, 2.45) is 0 Å². The molecule has 0 radical (unpaired) electrons. The molecule has 6 nitrogen and oxygen atoms in total. The molecule has 0 aromatic carbocycles. The zero-order valence-electron chi connectivity index (χ0n) is 45.8. The van der Waals surface area contributed by atoms with E-state index in [1.54, 1.807) is 0 Å². The van der Waals surface area contributed by atoms with Gasteiger partial charge in [0, 0.05) is 19.3 Å². The first-order valence-corrected chi connectivity index (χ1v) is 29.2. The number of unbranched alkanes of at least 4 members (excludes halogenated alkanes) is 25. The van der Waals surface area contributed by atoms with E-state index in [4.69, 9.17) is 14.2 Å². The van der Waals surface area contributed by atoms with Crippen molar-refractivity contribution in [3.05, 3.63) is 97.2 Å². The van der Waals surface area contributed by atoms with E-state index in [-0.39, 0.29) is 31.1 Å². The summed E-state index contributed by atoms with van der Waals surface area (Å²) in [5, 5.41) is 0. The standard InChI is InChI=1S/C64H108O6/c1-4-7-10-13-16-19-21-23-25-26-27-28-29-30-31-32-33-34-35-36-37-38-40-41-43-45-48-51-54-57-63(66)69-60-61(59-68-62(65)56-53-50-47-18-15-12-9-6-3)70-64(67)58-55-52-49-46-44-42-39-24-22-20-17-14-11-8-5-2/h7,10,16,19,23,25,27-28,30-31,33-34,36-37,40-41,61H,4-6,8-9,11-15,17-18,20-22,24,26,29,32,35,38-39,42-60H2,1-3H3/b10-7-,19-16-,25-23-,28-27-,31-30-,34-33-,37-36-,41-40-. The molecule has 0 bridgehead atoms. The van der Waals surface area contributed by atoms with E-state index in [1.165, 1.54) is 109 Å². The van der Waals surface area contributed by atoms with E-state index < -0.39 is 6.10 Å². The monoisotopic (exact) mass is 973 g/mol. The molecule has 0 amide bonds. The highest BCUT2D eigenvalue weighted by atomic mass is 16.6. The maximum atomic E-state index is 12.8. The van der Waals surface area contributed by atoms with E-state index >= 15 is 0 Å². The van der Waals surface area contributed by atoms with Crippen LogP contribution in [0.5, 0.6) is 0 Å². The second-order valence-electron chi connectivity index (χ2n) is 19.2. The van der Waals surface area contributed by atoms with E-state index in [0.29, 0.717) is 19.3 Å². The number of carbonyl (C=O) groups excluding carboxylic acids is 3. The summed E-state index contributed by atoms with van der Waals surface area (Å²) in [6.45, 7) is 6.48. The molecule has 0 aromatic rings. The molecule has 6 heteroatoms. The van der Waals surface area contributed by atoms with Crippen molar-refractivity contribution in [3.63, 3.8) is 0 Å². The average Bonchev–Trinajstić information content (AvgIpc) is 3.36. The van der Waals surface area contributed by atoms with Crippen molar-refractivity contribution in [3.8, 4) is 0 Å². The summed E-state index contributed by atoms with van der Waals surface area (Å²) in [7, 11) is 0. The SMILES string of the molecule is CC/C=C\C/C=C\C/C=C\C/C=C\C/C=C\C/C=C\C/C=C\C/C=C\CCCCCCC(=O)OCC(COC(=O)CCCCCCCCCC)OC(=O)CCCCCCCCCCCCCCCCC. The average molecular weight is 974 g/mol. The molecule has 0 saturated carbocycles. The van der Waals surface area contributed by atoms with Crippen LogP contribution in [0.15, 0.2) is 97.2 Å². The number of carbonyl (C=O) groups is 3. The van der Waals surface area contributed by atoms with Gasteiger partial charge in [-0.2, -0.15) is 0 Å². The van der Waals surface area contributed by atoms with Crippen LogP contribution in [-0.4, -0.2) is 37.2 Å². The highest BCUT2D eigenvalue weighted by Crippen LogP contribution is 2.15. The molecule has 0 fully saturated rings. The van der Waals surface area contributed by atoms with Crippen molar-refractivity contribution in [1.82, 2.24) is 0 Å². The first-order chi connectivity index (χ1) is 34.5. The summed E-state index contributed by atoms with van der Waals surface area (Å²) in [5.41, 5.74) is 0. The predicted molar refractivity (Wildman–Crippen MR) is 302 cm³/mol. The lowest BCUT2D eigenvalue weighted by molar-refractivity contribution is -0.167. The van der Waals surface area contributed by atoms with Crippen molar-refractivity contribution < 1.29 is 28.6 Å². The van der Waals surface area contributed by atoms with Gasteiger partial charge in [0.15, 0.2) is 6.10 Å². The highest BCUT2D eigenvalue weighted by molar-refractivity contribution is 5.71. The van der Waals surface area contributed by atoms with E-state index in [2.05, 4.69) is 118 Å². The third kappa shape index (κ3) is 55.3. The van der Waals surface area contributed by atoms with Gasteiger partial charge in [-0.25, -0.2) is 0 Å². The highest BCUT2D eigenvalue weighted by Gasteiger charge is 2.19. The number of ether oxygens (including phenoxy) is 3. The number of esters is 3. The first kappa shape index (κ1) is 66.3. The minimum absolute atomic E-state index is 0.0828. The molecule has 0 spiro atoms. The topological polar surface area (TPSA) is 78.9 Å². The fourth-order valence-corrected chi connectivity index (χ4v) is 7.99. The van der Waals surface area contributed by atoms with Crippen molar-refractivity contribution >= 4 is 17.9 Å². The molecule has 0 aliphatic rings. The minimum Gasteiger partial charge on any atom is -0.462 e. The zero-order valence-corrected chi connectivity index (χ0v) is 45.8. The van der Waals surface area contributed by atoms with Crippen LogP contribution in [0.1, 0.15) is 271 Å². The Bertz CT molecular complexity index is 1400. The summed E-state index contributed by atoms with van der Waals surface area (Å²) in [5.74, 6) is -0.908. The van der Waals surface area contributed by atoms with Crippen LogP contribution < -0.4 is 0 Å². The summed E-state index contributed by atoms with van der Waals surface area (Å²) < 4.78 is 16.8. The zero-order chi connectivity index (χ0) is 50.7. The molecule has 70 heavy (non-hydrogen) atoms. The lowest BCUT2D eigenvalue weighted by atomic mass is 10.0. The van der Waals surface area contributed by atoms with Gasteiger partial charge in [0.2, 0.25) is 0 Å². The lowest BCUT2D eigenvalue weighted by Gasteiger charge is -2.18. The number of rotatable bonds is 52. The van der Waals surface area contributed by atoms with Crippen LogP contribution in [0.4, 0.5) is 0 Å². The molecule has 0 saturated heterocycles. The molecule has 1 unspecified atom stereocenters. The normalized spacial score (nSPS) is 12.8. The maximum absolute atomic E-state index is 12.8. The van der Waals surface area contributed by atoms with Crippen LogP contribution in [0, 0.1) is 0 Å². The van der Waals surface area contributed by atoms with Crippen LogP contribution in [0.2, 0.25) is 0 Å². The van der Waals surface area contributed by atoms with Gasteiger partial charge in [0.05, 0.1) is 0 Å². The van der Waals surface area contributed by atoms with Crippen LogP contribution >= 0.6 is 0 Å². The van der Waals surface area contributed by atoms with Gasteiger partial charge in [-0.15, -0.1) is 0 Å². The predicted octanol–water partition coefficient (Wildman–Crippen LogP) is 19.7. The molecule has 0 N–H and O–H groups in total. The van der Waals surface area contributed by atoms with Crippen LogP contribution in [-0.2, 0) is 28.6 Å². The summed E-state index contributed by atoms with van der Waals surface area (Å²) in [4.78, 5) is 38.0. The molecule has 0 aliphatic carbocycles. The largest absolute Gasteiger partial charge is 0.462 e. The Hall–Kier alpha value is -3.67. The smallest absolute Gasteiger partial charge is 0.306 e. The van der Waals surface area contributed by atoms with Crippen LogP contribution in [0.3, 0.4) is 0 Å². The van der Waals surface area contributed by atoms with Gasteiger partial charge >= 0.3 is 17.9 Å². The molecular formula is C64H108O6. The third-order valence-electron chi connectivity index (χ3n) is 12.4. The molecule has 0 rings (SSSR count). The fraction of sp³-hybridized carbons (Fsp3) is 0.703. The van der Waals surface area contributed by atoms with Crippen molar-refractivity contribution in [1.29, 1.82) is 0 Å². The summed E-state index contributed by atoms with van der Waals surface area (Å²) >= 11 is 0. The minimum atomic E-state index is -0.784. The van der Waals surface area contributed by atoms with E-state index in [9.17, 15) is 14.4 Å². The Morgan fingerprint density at radius 3 is 0.871 bits per heavy atom. The molecular weight excluding hydrogens is 865 g/mol. The Balaban J connectivity index is 4.26. The first-order valence-electron chi connectivity index (χ1n) is 29.2. The van der Waals surface area contributed by atoms with Gasteiger partial charge in [0.25, 0.3) is 0 Å². The Kier molecular flexibility index (Phi) is 54.9. The molecule has 400 valence electrons. The van der Waals surface area contributed by atoms with Crippen molar-refractivity contribution in [2.75, 3.05) is 13.2 Å².